The van der Waals surface area contributed by atoms with Crippen LogP contribution in [0.15, 0.2) is 42.6 Å². The molecule has 0 radical (unpaired) electrons. The summed E-state index contributed by atoms with van der Waals surface area (Å²) < 4.78 is 28.3. The second-order valence-corrected chi connectivity index (χ2v) is 7.19. The van der Waals surface area contributed by atoms with E-state index in [9.17, 15) is 13.6 Å². The minimum absolute atomic E-state index is 0.108. The van der Waals surface area contributed by atoms with E-state index in [0.717, 1.165) is 30.2 Å². The second kappa shape index (κ2) is 8.04. The number of rotatable bonds is 4. The molecule has 0 unspecified atom stereocenters. The lowest BCUT2D eigenvalue weighted by molar-refractivity contribution is 0.0934. The number of nitrogens with one attached hydrogen (secondary N) is 1. The molecule has 1 N–H and O–H groups in total. The fourth-order valence-corrected chi connectivity index (χ4v) is 3.75. The maximum Gasteiger partial charge on any atom is 0.280 e. The van der Waals surface area contributed by atoms with E-state index in [2.05, 4.69) is 15.4 Å². The number of hydrogen-bond acceptors (Lipinski definition) is 3. The zero-order chi connectivity index (χ0) is 19.5. The number of hydrogen-bond donors (Lipinski definition) is 1. The number of fused-ring (bicyclic) bond motifs is 1. The number of halogens is 2. The Hall–Kier alpha value is -2.83. The first kappa shape index (κ1) is 18.5. The molecule has 3 aromatic rings. The molecule has 0 atom stereocenters. The summed E-state index contributed by atoms with van der Waals surface area (Å²) in [5, 5.41) is 7.06. The molecule has 0 aliphatic heterocycles. The van der Waals surface area contributed by atoms with Gasteiger partial charge in [0, 0.05) is 11.6 Å². The Morgan fingerprint density at radius 2 is 1.82 bits per heavy atom. The Morgan fingerprint density at radius 1 is 1.11 bits per heavy atom. The minimum atomic E-state index is -2.73. The van der Waals surface area contributed by atoms with Gasteiger partial charge in [0.25, 0.3) is 12.3 Å². The van der Waals surface area contributed by atoms with Gasteiger partial charge in [-0.25, -0.2) is 18.3 Å². The summed E-state index contributed by atoms with van der Waals surface area (Å²) in [5.74, 6) is -0.306. The molecule has 5 nitrogen and oxygen atoms in total. The maximum atomic E-state index is 13.6. The van der Waals surface area contributed by atoms with Crippen molar-refractivity contribution in [2.45, 2.75) is 51.0 Å². The van der Waals surface area contributed by atoms with Crippen molar-refractivity contribution in [3.8, 4) is 11.3 Å². The fraction of sp³-hybridized carbons (Fsp3) is 0.381. The monoisotopic (exact) mass is 384 g/mol. The smallest absolute Gasteiger partial charge is 0.280 e. The lowest BCUT2D eigenvalue weighted by atomic mass is 10.1. The third-order valence-corrected chi connectivity index (χ3v) is 5.23. The van der Waals surface area contributed by atoms with Crippen LogP contribution in [0.5, 0.6) is 0 Å². The molecule has 2 heterocycles. The van der Waals surface area contributed by atoms with Gasteiger partial charge in [0.2, 0.25) is 0 Å². The van der Waals surface area contributed by atoms with Crippen molar-refractivity contribution in [2.24, 2.45) is 0 Å². The predicted molar refractivity (Wildman–Crippen MR) is 102 cm³/mol. The van der Waals surface area contributed by atoms with Crippen LogP contribution in [0.1, 0.15) is 61.0 Å². The van der Waals surface area contributed by atoms with E-state index in [0.29, 0.717) is 11.3 Å². The Kier molecular flexibility index (Phi) is 5.32. The second-order valence-electron chi connectivity index (χ2n) is 7.19. The fourth-order valence-electron chi connectivity index (χ4n) is 3.75. The van der Waals surface area contributed by atoms with E-state index in [1.54, 1.807) is 12.1 Å². The van der Waals surface area contributed by atoms with Gasteiger partial charge in [0.1, 0.15) is 11.3 Å². The quantitative estimate of drug-likeness (QED) is 0.658. The van der Waals surface area contributed by atoms with Gasteiger partial charge in [0.15, 0.2) is 5.65 Å². The Bertz CT molecular complexity index is 963. The maximum absolute atomic E-state index is 13.6. The Labute approximate surface area is 161 Å². The van der Waals surface area contributed by atoms with E-state index >= 15 is 0 Å². The van der Waals surface area contributed by atoms with E-state index < -0.39 is 6.43 Å². The standard InChI is InChI=1S/C21H22F2N4O/c22-19(23)18-12-17(14-8-4-3-5-9-14)26-20-16(13-24-27(18)20)21(28)25-15-10-6-1-2-7-11-15/h3-5,8-9,12-13,15,19H,1-2,6-7,10-11H2,(H,25,28). The summed E-state index contributed by atoms with van der Waals surface area (Å²) in [4.78, 5) is 17.3. The number of alkyl halides is 2. The molecule has 1 amide bonds. The first-order valence-corrected chi connectivity index (χ1v) is 9.66. The van der Waals surface area contributed by atoms with Gasteiger partial charge >= 0.3 is 0 Å². The van der Waals surface area contributed by atoms with Crippen LogP contribution in [0.25, 0.3) is 16.9 Å². The van der Waals surface area contributed by atoms with Crippen molar-refractivity contribution in [2.75, 3.05) is 0 Å². The molecular formula is C21H22F2N4O. The van der Waals surface area contributed by atoms with Crippen LogP contribution in [0.3, 0.4) is 0 Å². The van der Waals surface area contributed by atoms with Gasteiger partial charge in [-0.2, -0.15) is 5.10 Å². The van der Waals surface area contributed by atoms with Crippen LogP contribution in [0.2, 0.25) is 0 Å². The molecule has 1 aromatic carbocycles. The number of nitrogens with zero attached hydrogens (tertiary/aromatic N) is 3. The van der Waals surface area contributed by atoms with Crippen molar-refractivity contribution in [1.29, 1.82) is 0 Å². The molecule has 1 saturated carbocycles. The van der Waals surface area contributed by atoms with Gasteiger partial charge in [-0.1, -0.05) is 56.0 Å². The number of carbonyl (C=O) groups excluding carboxylic acids is 1. The predicted octanol–water partition coefficient (Wildman–Crippen LogP) is 4.79. The third kappa shape index (κ3) is 3.74. The first-order valence-electron chi connectivity index (χ1n) is 9.66. The lowest BCUT2D eigenvalue weighted by Crippen LogP contribution is -2.34. The summed E-state index contributed by atoms with van der Waals surface area (Å²) in [6, 6.07) is 10.5. The Balaban J connectivity index is 1.72. The van der Waals surface area contributed by atoms with Crippen LogP contribution >= 0.6 is 0 Å². The van der Waals surface area contributed by atoms with Crippen LogP contribution in [-0.4, -0.2) is 26.5 Å². The van der Waals surface area contributed by atoms with E-state index in [1.165, 1.54) is 25.1 Å². The molecule has 28 heavy (non-hydrogen) atoms. The highest BCUT2D eigenvalue weighted by molar-refractivity contribution is 6.00. The van der Waals surface area contributed by atoms with Gasteiger partial charge in [0.05, 0.1) is 11.9 Å². The van der Waals surface area contributed by atoms with E-state index in [4.69, 9.17) is 0 Å². The normalized spacial score (nSPS) is 15.7. The summed E-state index contributed by atoms with van der Waals surface area (Å²) in [7, 11) is 0. The van der Waals surface area contributed by atoms with Crippen LogP contribution in [0.4, 0.5) is 8.78 Å². The number of benzene rings is 1. The zero-order valence-corrected chi connectivity index (χ0v) is 15.4. The number of carbonyl (C=O) groups is 1. The van der Waals surface area contributed by atoms with Crippen molar-refractivity contribution < 1.29 is 13.6 Å². The average Bonchev–Trinajstić information content (AvgIpc) is 2.97. The molecule has 1 aliphatic rings. The molecule has 2 aromatic heterocycles. The highest BCUT2D eigenvalue weighted by Gasteiger charge is 2.23. The highest BCUT2D eigenvalue weighted by atomic mass is 19.3. The van der Waals surface area contributed by atoms with Crippen LogP contribution in [0, 0.1) is 0 Å². The molecule has 0 saturated heterocycles. The Morgan fingerprint density at radius 3 is 2.50 bits per heavy atom. The van der Waals surface area contributed by atoms with Gasteiger partial charge in [-0.05, 0) is 18.9 Å². The average molecular weight is 384 g/mol. The summed E-state index contributed by atoms with van der Waals surface area (Å²) in [6.45, 7) is 0. The van der Waals surface area contributed by atoms with Gasteiger partial charge < -0.3 is 5.32 Å². The van der Waals surface area contributed by atoms with Crippen molar-refractivity contribution in [1.82, 2.24) is 19.9 Å². The molecule has 4 rings (SSSR count). The zero-order valence-electron chi connectivity index (χ0n) is 15.4. The van der Waals surface area contributed by atoms with Crippen molar-refractivity contribution in [3.05, 3.63) is 53.9 Å². The minimum Gasteiger partial charge on any atom is -0.349 e. The largest absolute Gasteiger partial charge is 0.349 e. The number of amides is 1. The van der Waals surface area contributed by atoms with E-state index in [-0.39, 0.29) is 28.9 Å². The third-order valence-electron chi connectivity index (χ3n) is 5.23. The molecule has 146 valence electrons. The summed E-state index contributed by atoms with van der Waals surface area (Å²) >= 11 is 0. The molecule has 1 fully saturated rings. The molecular weight excluding hydrogens is 362 g/mol. The first-order chi connectivity index (χ1) is 13.6. The molecule has 7 heteroatoms. The molecule has 0 spiro atoms. The number of aromatic nitrogens is 3. The van der Waals surface area contributed by atoms with Gasteiger partial charge in [-0.3, -0.25) is 4.79 Å². The topological polar surface area (TPSA) is 59.3 Å². The molecule has 1 aliphatic carbocycles. The lowest BCUT2D eigenvalue weighted by Gasteiger charge is -2.15. The SMILES string of the molecule is O=C(NC1CCCCCC1)c1cnn2c(C(F)F)cc(-c3ccccc3)nc12. The van der Waals surface area contributed by atoms with Crippen LogP contribution < -0.4 is 5.32 Å². The van der Waals surface area contributed by atoms with Crippen molar-refractivity contribution >= 4 is 11.6 Å². The molecule has 0 bridgehead atoms. The van der Waals surface area contributed by atoms with Crippen molar-refractivity contribution in [3.63, 3.8) is 0 Å². The van der Waals surface area contributed by atoms with E-state index in [1.807, 2.05) is 18.2 Å². The van der Waals surface area contributed by atoms with Crippen LogP contribution in [-0.2, 0) is 0 Å². The summed E-state index contributed by atoms with van der Waals surface area (Å²) in [6.07, 6.45) is 5.02. The summed E-state index contributed by atoms with van der Waals surface area (Å²) in [5.41, 5.74) is 1.21. The highest BCUT2D eigenvalue weighted by Crippen LogP contribution is 2.27. The van der Waals surface area contributed by atoms with Gasteiger partial charge in [-0.15, -0.1) is 0 Å².